The molecule has 1 aromatic heterocycles. The van der Waals surface area contributed by atoms with Crippen LogP contribution in [0.2, 0.25) is 0 Å². The van der Waals surface area contributed by atoms with Gasteiger partial charge in [0.15, 0.2) is 0 Å². The van der Waals surface area contributed by atoms with E-state index in [0.717, 1.165) is 28.9 Å². The zero-order chi connectivity index (χ0) is 11.8. The van der Waals surface area contributed by atoms with Crippen LogP contribution in [0.4, 0.5) is 0 Å². The van der Waals surface area contributed by atoms with Crippen LogP contribution in [-0.4, -0.2) is 24.5 Å². The predicted octanol–water partition coefficient (Wildman–Crippen LogP) is 1.78. The van der Waals surface area contributed by atoms with E-state index in [4.69, 9.17) is 4.74 Å². The van der Waals surface area contributed by atoms with Gasteiger partial charge in [0, 0.05) is 35.5 Å². The van der Waals surface area contributed by atoms with Crippen LogP contribution in [0.25, 0.3) is 10.9 Å². The van der Waals surface area contributed by atoms with Crippen molar-refractivity contribution < 1.29 is 9.53 Å². The van der Waals surface area contributed by atoms with Gasteiger partial charge < -0.3 is 15.0 Å². The van der Waals surface area contributed by atoms with E-state index in [-0.39, 0.29) is 11.8 Å². The van der Waals surface area contributed by atoms with E-state index >= 15 is 0 Å². The van der Waals surface area contributed by atoms with Crippen molar-refractivity contribution in [2.45, 2.75) is 12.3 Å². The molecule has 1 aromatic carbocycles. The first-order chi connectivity index (χ1) is 8.26. The van der Waals surface area contributed by atoms with Gasteiger partial charge in [-0.3, -0.25) is 4.79 Å². The number of amides is 1. The van der Waals surface area contributed by atoms with E-state index in [2.05, 4.69) is 16.4 Å². The van der Waals surface area contributed by atoms with Crippen LogP contribution in [-0.2, 0) is 4.79 Å². The fraction of sp³-hybridized carbons (Fsp3) is 0.308. The van der Waals surface area contributed by atoms with E-state index in [0.29, 0.717) is 6.42 Å². The number of fused-ring (bicyclic) bond motifs is 1. The Kier molecular flexibility index (Phi) is 2.28. The highest BCUT2D eigenvalue weighted by Crippen LogP contribution is 2.28. The molecule has 2 aromatic rings. The number of carbonyl (C=O) groups is 1. The zero-order valence-electron chi connectivity index (χ0n) is 9.62. The van der Waals surface area contributed by atoms with Crippen molar-refractivity contribution in [3.8, 4) is 5.75 Å². The second kappa shape index (κ2) is 3.80. The van der Waals surface area contributed by atoms with Crippen molar-refractivity contribution in [1.82, 2.24) is 10.3 Å². The number of H-pyrrole nitrogens is 1. The molecule has 4 heteroatoms. The number of benzene rings is 1. The largest absolute Gasteiger partial charge is 0.497 e. The molecule has 1 saturated heterocycles. The first-order valence-corrected chi connectivity index (χ1v) is 5.69. The highest BCUT2D eigenvalue weighted by Gasteiger charge is 2.24. The van der Waals surface area contributed by atoms with Crippen molar-refractivity contribution in [2.75, 3.05) is 13.7 Å². The lowest BCUT2D eigenvalue weighted by molar-refractivity contribution is -0.119. The summed E-state index contributed by atoms with van der Waals surface area (Å²) in [6.45, 7) is 0.725. The summed E-state index contributed by atoms with van der Waals surface area (Å²) in [5.41, 5.74) is 2.20. The first-order valence-electron chi connectivity index (χ1n) is 5.69. The zero-order valence-corrected chi connectivity index (χ0v) is 9.62. The predicted molar refractivity (Wildman–Crippen MR) is 65.2 cm³/mol. The summed E-state index contributed by atoms with van der Waals surface area (Å²) in [5, 5.41) is 3.98. The summed E-state index contributed by atoms with van der Waals surface area (Å²) in [6.07, 6.45) is 0.573. The minimum Gasteiger partial charge on any atom is -0.497 e. The molecule has 2 heterocycles. The van der Waals surface area contributed by atoms with Crippen molar-refractivity contribution in [3.05, 3.63) is 30.0 Å². The maximum absolute atomic E-state index is 11.2. The number of nitrogens with one attached hydrogen (secondary N) is 2. The van der Waals surface area contributed by atoms with Gasteiger partial charge in [-0.1, -0.05) is 0 Å². The minimum atomic E-state index is 0.131. The fourth-order valence-corrected chi connectivity index (χ4v) is 2.31. The summed E-state index contributed by atoms with van der Waals surface area (Å²) in [6, 6.07) is 8.03. The van der Waals surface area contributed by atoms with Gasteiger partial charge in [-0.2, -0.15) is 0 Å². The van der Waals surface area contributed by atoms with Gasteiger partial charge in [0.05, 0.1) is 7.11 Å². The van der Waals surface area contributed by atoms with Gasteiger partial charge in [0.2, 0.25) is 5.91 Å². The molecule has 0 bridgehead atoms. The van der Waals surface area contributed by atoms with Crippen LogP contribution in [0.1, 0.15) is 18.0 Å². The molecular weight excluding hydrogens is 216 g/mol. The quantitative estimate of drug-likeness (QED) is 0.826. The maximum Gasteiger partial charge on any atom is 0.220 e. The molecule has 17 heavy (non-hydrogen) atoms. The van der Waals surface area contributed by atoms with Crippen molar-refractivity contribution >= 4 is 16.8 Å². The number of hydrogen-bond acceptors (Lipinski definition) is 2. The Morgan fingerprint density at radius 2 is 2.24 bits per heavy atom. The van der Waals surface area contributed by atoms with Crippen LogP contribution in [0, 0.1) is 0 Å². The molecule has 0 spiro atoms. The number of methoxy groups -OCH3 is 1. The van der Waals surface area contributed by atoms with Crippen LogP contribution >= 0.6 is 0 Å². The molecule has 0 radical (unpaired) electrons. The van der Waals surface area contributed by atoms with Gasteiger partial charge in [0.1, 0.15) is 5.75 Å². The second-order valence-electron chi connectivity index (χ2n) is 4.38. The van der Waals surface area contributed by atoms with Gasteiger partial charge in [-0.15, -0.1) is 0 Å². The average Bonchev–Trinajstić information content (AvgIpc) is 2.93. The number of ether oxygens (including phenoxy) is 1. The average molecular weight is 230 g/mol. The normalized spacial score (nSPS) is 19.6. The Hall–Kier alpha value is -1.97. The minimum absolute atomic E-state index is 0.131. The molecule has 1 atom stereocenters. The summed E-state index contributed by atoms with van der Waals surface area (Å²) < 4.78 is 5.19. The molecule has 3 rings (SSSR count). The third-order valence-electron chi connectivity index (χ3n) is 3.27. The lowest BCUT2D eigenvalue weighted by Crippen LogP contribution is -2.13. The topological polar surface area (TPSA) is 54.1 Å². The highest BCUT2D eigenvalue weighted by atomic mass is 16.5. The van der Waals surface area contributed by atoms with E-state index in [1.54, 1.807) is 7.11 Å². The summed E-state index contributed by atoms with van der Waals surface area (Å²) in [7, 11) is 1.66. The Bertz CT molecular complexity index is 574. The molecule has 1 amide bonds. The molecular formula is C13H14N2O2. The SMILES string of the molecule is COc1ccc2[nH]c(C3CNC(=O)C3)cc2c1. The lowest BCUT2D eigenvalue weighted by Gasteiger charge is -2.02. The summed E-state index contributed by atoms with van der Waals surface area (Å²) in [4.78, 5) is 14.6. The number of rotatable bonds is 2. The van der Waals surface area contributed by atoms with Gasteiger partial charge in [-0.25, -0.2) is 0 Å². The summed E-state index contributed by atoms with van der Waals surface area (Å²) >= 11 is 0. The number of aromatic amines is 1. The first kappa shape index (κ1) is 10.2. The second-order valence-corrected chi connectivity index (χ2v) is 4.38. The van der Waals surface area contributed by atoms with E-state index in [1.165, 1.54) is 0 Å². The number of carbonyl (C=O) groups excluding carboxylic acids is 1. The third kappa shape index (κ3) is 1.75. The van der Waals surface area contributed by atoms with Crippen LogP contribution in [0.3, 0.4) is 0 Å². The molecule has 88 valence electrons. The monoisotopic (exact) mass is 230 g/mol. The van der Waals surface area contributed by atoms with Gasteiger partial charge >= 0.3 is 0 Å². The summed E-state index contributed by atoms with van der Waals surface area (Å²) in [5.74, 6) is 1.25. The molecule has 2 N–H and O–H groups in total. The van der Waals surface area contributed by atoms with E-state index < -0.39 is 0 Å². The van der Waals surface area contributed by atoms with E-state index in [1.807, 2.05) is 18.2 Å². The fourth-order valence-electron chi connectivity index (χ4n) is 2.31. The molecule has 0 saturated carbocycles. The van der Waals surface area contributed by atoms with Crippen LogP contribution in [0.15, 0.2) is 24.3 Å². The Morgan fingerprint density at radius 1 is 1.35 bits per heavy atom. The Labute approximate surface area is 99.0 Å². The van der Waals surface area contributed by atoms with Crippen molar-refractivity contribution in [1.29, 1.82) is 0 Å². The molecule has 0 aliphatic carbocycles. The van der Waals surface area contributed by atoms with Crippen molar-refractivity contribution in [3.63, 3.8) is 0 Å². The molecule has 4 nitrogen and oxygen atoms in total. The van der Waals surface area contributed by atoms with Crippen LogP contribution in [0.5, 0.6) is 5.75 Å². The number of aromatic nitrogens is 1. The van der Waals surface area contributed by atoms with Gasteiger partial charge in [0.25, 0.3) is 0 Å². The maximum atomic E-state index is 11.2. The molecule has 1 unspecified atom stereocenters. The molecule has 1 aliphatic rings. The van der Waals surface area contributed by atoms with E-state index in [9.17, 15) is 4.79 Å². The lowest BCUT2D eigenvalue weighted by atomic mass is 10.1. The Morgan fingerprint density at radius 3 is 2.94 bits per heavy atom. The number of hydrogen-bond donors (Lipinski definition) is 2. The Balaban J connectivity index is 1.98. The van der Waals surface area contributed by atoms with Crippen molar-refractivity contribution in [2.24, 2.45) is 0 Å². The van der Waals surface area contributed by atoms with Crippen LogP contribution < -0.4 is 10.1 Å². The van der Waals surface area contributed by atoms with Gasteiger partial charge in [-0.05, 0) is 24.3 Å². The molecule has 1 aliphatic heterocycles. The standard InChI is InChI=1S/C13H14N2O2/c1-17-10-2-3-11-8(4-10)5-12(15-11)9-6-13(16)14-7-9/h2-5,9,15H,6-7H2,1H3,(H,14,16). The highest BCUT2D eigenvalue weighted by molar-refractivity contribution is 5.83. The molecule has 1 fully saturated rings. The smallest absolute Gasteiger partial charge is 0.220 e. The third-order valence-corrected chi connectivity index (χ3v) is 3.27.